The van der Waals surface area contributed by atoms with Gasteiger partial charge in [-0.05, 0) is 94.6 Å². The maximum Gasteiger partial charge on any atom is 0.255 e. The molecule has 1 N–H and O–H groups in total. The van der Waals surface area contributed by atoms with Crippen LogP contribution >= 0.6 is 0 Å². The van der Waals surface area contributed by atoms with Crippen LogP contribution in [0.5, 0.6) is 5.75 Å². The molecule has 2 heterocycles. The van der Waals surface area contributed by atoms with Gasteiger partial charge in [0.15, 0.2) is 0 Å². The Morgan fingerprint density at radius 2 is 1.61 bits per heavy atom. The molecule has 2 amide bonds. The van der Waals surface area contributed by atoms with Crippen molar-refractivity contribution in [3.8, 4) is 5.75 Å². The highest BCUT2D eigenvalue weighted by atomic mass is 16.5. The largest absolute Gasteiger partial charge is 0.497 e. The van der Waals surface area contributed by atoms with E-state index in [2.05, 4.69) is 41.1 Å². The first-order valence-electron chi connectivity index (χ1n) is 13.4. The third-order valence-corrected chi connectivity index (χ3v) is 7.70. The van der Waals surface area contributed by atoms with Crippen molar-refractivity contribution < 1.29 is 14.3 Å². The number of ether oxygens (including phenoxy) is 1. The summed E-state index contributed by atoms with van der Waals surface area (Å²) >= 11 is 0. The van der Waals surface area contributed by atoms with E-state index >= 15 is 0 Å². The fourth-order valence-electron chi connectivity index (χ4n) is 5.52. The molecule has 2 aliphatic heterocycles. The lowest BCUT2D eigenvalue weighted by Crippen LogP contribution is -2.51. The summed E-state index contributed by atoms with van der Waals surface area (Å²) in [5.74, 6) is 1.08. The van der Waals surface area contributed by atoms with Gasteiger partial charge in [0.2, 0.25) is 5.91 Å². The summed E-state index contributed by atoms with van der Waals surface area (Å²) in [5, 5.41) is 2.97. The molecule has 0 saturated carbocycles. The van der Waals surface area contributed by atoms with Crippen LogP contribution in [0, 0.1) is 5.92 Å². The monoisotopic (exact) mass is 492 g/mol. The van der Waals surface area contributed by atoms with Crippen LogP contribution in [-0.4, -0.2) is 74.0 Å². The molecule has 2 saturated heterocycles. The van der Waals surface area contributed by atoms with Gasteiger partial charge in [-0.3, -0.25) is 14.5 Å². The fraction of sp³-hybridized carbons (Fsp3) is 0.517. The maximum atomic E-state index is 12.9. The number of nitrogens with zero attached hydrogens (tertiary/aromatic N) is 3. The van der Waals surface area contributed by atoms with Crippen molar-refractivity contribution in [2.45, 2.75) is 45.6 Å². The molecule has 36 heavy (non-hydrogen) atoms. The van der Waals surface area contributed by atoms with E-state index in [0.717, 1.165) is 76.4 Å². The second kappa shape index (κ2) is 12.3. The number of nitrogens with one attached hydrogen (secondary N) is 1. The predicted molar refractivity (Wildman–Crippen MR) is 145 cm³/mol. The minimum Gasteiger partial charge on any atom is -0.497 e. The zero-order valence-corrected chi connectivity index (χ0v) is 21.9. The van der Waals surface area contributed by atoms with Gasteiger partial charge in [-0.25, -0.2) is 0 Å². The summed E-state index contributed by atoms with van der Waals surface area (Å²) in [5.41, 5.74) is 2.57. The average Bonchev–Trinajstić information content (AvgIpc) is 2.94. The second-order valence-corrected chi connectivity index (χ2v) is 9.79. The van der Waals surface area contributed by atoms with E-state index in [0.29, 0.717) is 17.5 Å². The maximum absolute atomic E-state index is 12.9. The summed E-state index contributed by atoms with van der Waals surface area (Å²) < 4.78 is 5.16. The van der Waals surface area contributed by atoms with E-state index in [1.807, 2.05) is 17.0 Å². The standard InChI is InChI=1S/C29H40N4O3/c1-4-31(5-2)29(35)23-7-6-18-33(21-23)26-16-19-32(20-17-26)25-12-10-24(11-13-25)30-28(34)22-8-14-27(36-3)15-9-22/h8-15,23,26H,4-7,16-21H2,1-3H3,(H,30,34)/t23-/m1/s1. The molecular formula is C29H40N4O3. The molecule has 0 aromatic heterocycles. The van der Waals surface area contributed by atoms with Gasteiger partial charge in [0.05, 0.1) is 13.0 Å². The van der Waals surface area contributed by atoms with Gasteiger partial charge in [0.25, 0.3) is 5.91 Å². The van der Waals surface area contributed by atoms with Gasteiger partial charge in [0, 0.05) is 55.7 Å². The van der Waals surface area contributed by atoms with Gasteiger partial charge in [-0.1, -0.05) is 0 Å². The van der Waals surface area contributed by atoms with E-state index in [-0.39, 0.29) is 11.8 Å². The second-order valence-electron chi connectivity index (χ2n) is 9.79. The fourth-order valence-corrected chi connectivity index (χ4v) is 5.52. The number of likely N-dealkylation sites (tertiary alicyclic amines) is 1. The number of piperidine rings is 2. The van der Waals surface area contributed by atoms with Crippen LogP contribution < -0.4 is 15.0 Å². The molecule has 2 aliphatic rings. The first-order chi connectivity index (χ1) is 17.5. The molecule has 0 spiro atoms. The smallest absolute Gasteiger partial charge is 0.255 e. The number of hydrogen-bond acceptors (Lipinski definition) is 5. The summed E-state index contributed by atoms with van der Waals surface area (Å²) in [6.07, 6.45) is 4.36. The number of methoxy groups -OCH3 is 1. The van der Waals surface area contributed by atoms with Gasteiger partial charge in [0.1, 0.15) is 5.75 Å². The van der Waals surface area contributed by atoms with Crippen molar-refractivity contribution >= 4 is 23.2 Å². The molecule has 0 unspecified atom stereocenters. The zero-order chi connectivity index (χ0) is 25.5. The highest BCUT2D eigenvalue weighted by molar-refractivity contribution is 6.04. The molecule has 0 radical (unpaired) electrons. The molecule has 4 rings (SSSR count). The van der Waals surface area contributed by atoms with Crippen LogP contribution in [0.15, 0.2) is 48.5 Å². The van der Waals surface area contributed by atoms with Crippen LogP contribution in [0.25, 0.3) is 0 Å². The molecule has 2 aromatic carbocycles. The van der Waals surface area contributed by atoms with Crippen molar-refractivity contribution in [1.29, 1.82) is 0 Å². The Morgan fingerprint density at radius 1 is 0.944 bits per heavy atom. The number of carbonyl (C=O) groups is 2. The molecule has 0 aliphatic carbocycles. The van der Waals surface area contributed by atoms with Crippen molar-refractivity contribution in [3.63, 3.8) is 0 Å². The van der Waals surface area contributed by atoms with Crippen molar-refractivity contribution in [1.82, 2.24) is 9.80 Å². The highest BCUT2D eigenvalue weighted by Gasteiger charge is 2.33. The molecule has 7 nitrogen and oxygen atoms in total. The number of benzene rings is 2. The minimum atomic E-state index is -0.134. The van der Waals surface area contributed by atoms with Crippen LogP contribution in [0.1, 0.15) is 49.9 Å². The predicted octanol–water partition coefficient (Wildman–Crippen LogP) is 4.50. The third-order valence-electron chi connectivity index (χ3n) is 7.70. The van der Waals surface area contributed by atoms with E-state index < -0.39 is 0 Å². The Hall–Kier alpha value is -3.06. The molecule has 1 atom stereocenters. The number of carbonyl (C=O) groups excluding carboxylic acids is 2. The zero-order valence-electron chi connectivity index (χ0n) is 21.9. The van der Waals surface area contributed by atoms with Crippen LogP contribution in [0.2, 0.25) is 0 Å². The summed E-state index contributed by atoms with van der Waals surface area (Å²) in [4.78, 5) is 32.4. The van der Waals surface area contributed by atoms with Gasteiger partial charge in [-0.15, -0.1) is 0 Å². The normalized spacial score (nSPS) is 19.1. The Morgan fingerprint density at radius 3 is 2.22 bits per heavy atom. The molecule has 7 heteroatoms. The van der Waals surface area contributed by atoms with Crippen molar-refractivity contribution in [2.75, 3.05) is 56.6 Å². The average molecular weight is 493 g/mol. The lowest BCUT2D eigenvalue weighted by Gasteiger charge is -2.43. The highest BCUT2D eigenvalue weighted by Crippen LogP contribution is 2.28. The lowest BCUT2D eigenvalue weighted by molar-refractivity contribution is -0.137. The summed E-state index contributed by atoms with van der Waals surface area (Å²) in [6, 6.07) is 15.8. The molecule has 194 valence electrons. The topological polar surface area (TPSA) is 65.1 Å². The number of amides is 2. The summed E-state index contributed by atoms with van der Waals surface area (Å²) in [7, 11) is 1.61. The number of rotatable bonds is 8. The molecule has 2 aromatic rings. The van der Waals surface area contributed by atoms with E-state index in [9.17, 15) is 9.59 Å². The van der Waals surface area contributed by atoms with Gasteiger partial charge < -0.3 is 19.9 Å². The van der Waals surface area contributed by atoms with E-state index in [4.69, 9.17) is 4.74 Å². The summed E-state index contributed by atoms with van der Waals surface area (Å²) in [6.45, 7) is 9.76. The van der Waals surface area contributed by atoms with Crippen LogP contribution in [-0.2, 0) is 4.79 Å². The molecule has 2 fully saturated rings. The Labute approximate surface area is 215 Å². The quantitative estimate of drug-likeness (QED) is 0.588. The molecular weight excluding hydrogens is 452 g/mol. The SMILES string of the molecule is CCN(CC)C(=O)[C@@H]1CCCN(C2CCN(c3ccc(NC(=O)c4ccc(OC)cc4)cc3)CC2)C1. The number of anilines is 2. The van der Waals surface area contributed by atoms with Crippen LogP contribution in [0.3, 0.4) is 0 Å². The Bertz CT molecular complexity index is 996. The first-order valence-corrected chi connectivity index (χ1v) is 13.4. The first kappa shape index (κ1) is 26.0. The third kappa shape index (κ3) is 6.19. The Balaban J connectivity index is 1.27. The minimum absolute atomic E-state index is 0.134. The number of hydrogen-bond donors (Lipinski definition) is 1. The molecule has 0 bridgehead atoms. The lowest BCUT2D eigenvalue weighted by atomic mass is 9.92. The van der Waals surface area contributed by atoms with Gasteiger partial charge >= 0.3 is 0 Å². The van der Waals surface area contributed by atoms with Crippen molar-refractivity contribution in [2.24, 2.45) is 5.92 Å². The van der Waals surface area contributed by atoms with Crippen LogP contribution in [0.4, 0.5) is 11.4 Å². The Kier molecular flexibility index (Phi) is 8.86. The van der Waals surface area contributed by atoms with Gasteiger partial charge in [-0.2, -0.15) is 0 Å². The van der Waals surface area contributed by atoms with E-state index in [1.165, 1.54) is 5.69 Å². The van der Waals surface area contributed by atoms with Crippen molar-refractivity contribution in [3.05, 3.63) is 54.1 Å². The van der Waals surface area contributed by atoms with E-state index in [1.54, 1.807) is 31.4 Å².